The number of aromatic nitrogens is 1. The van der Waals surface area contributed by atoms with E-state index in [1.165, 1.54) is 24.6 Å². The van der Waals surface area contributed by atoms with Crippen LogP contribution in [0, 0.1) is 10.1 Å². The molecule has 3 aromatic rings. The first-order chi connectivity index (χ1) is 14.5. The number of carbonyl (C=O) groups excluding carboxylic acids is 2. The summed E-state index contributed by atoms with van der Waals surface area (Å²) in [5.41, 5.74) is 0.888. The molecule has 10 heteroatoms. The number of hydrogen-bond donors (Lipinski definition) is 1. The van der Waals surface area contributed by atoms with Gasteiger partial charge in [0.05, 0.1) is 23.1 Å². The van der Waals surface area contributed by atoms with E-state index in [1.807, 2.05) is 0 Å². The van der Waals surface area contributed by atoms with Crippen LogP contribution in [0.3, 0.4) is 0 Å². The van der Waals surface area contributed by atoms with Gasteiger partial charge in [-0.1, -0.05) is 0 Å². The molecule has 1 N–H and O–H groups in total. The fourth-order valence-corrected chi connectivity index (χ4v) is 3.55. The van der Waals surface area contributed by atoms with Crippen LogP contribution in [0.5, 0.6) is 0 Å². The van der Waals surface area contributed by atoms with Crippen LogP contribution < -0.4 is 10.2 Å². The lowest BCUT2D eigenvalue weighted by Crippen LogP contribution is -2.51. The molecule has 1 aliphatic rings. The molecule has 2 amide bonds. The number of fused-ring (bicyclic) bond motifs is 1. The second-order valence-corrected chi connectivity index (χ2v) is 6.81. The van der Waals surface area contributed by atoms with Crippen molar-refractivity contribution in [3.05, 3.63) is 64.9 Å². The van der Waals surface area contributed by atoms with Gasteiger partial charge < -0.3 is 19.5 Å². The van der Waals surface area contributed by atoms with Gasteiger partial charge in [-0.05, 0) is 24.3 Å². The fraction of sp³-hybridized carbons (Fsp3) is 0.250. The van der Waals surface area contributed by atoms with Crippen molar-refractivity contribution in [1.82, 2.24) is 15.2 Å². The Bertz CT molecular complexity index is 1090. The van der Waals surface area contributed by atoms with Crippen molar-refractivity contribution in [2.45, 2.75) is 0 Å². The van der Waals surface area contributed by atoms with Crippen molar-refractivity contribution >= 4 is 34.0 Å². The number of piperazine rings is 1. The Balaban J connectivity index is 1.40. The maximum Gasteiger partial charge on any atom is 0.287 e. The molecule has 30 heavy (non-hydrogen) atoms. The molecule has 0 unspecified atom stereocenters. The number of furan rings is 1. The zero-order chi connectivity index (χ0) is 21.1. The average Bonchev–Trinajstić information content (AvgIpc) is 3.31. The first-order valence-corrected chi connectivity index (χ1v) is 9.40. The van der Waals surface area contributed by atoms with Gasteiger partial charge in [-0.2, -0.15) is 0 Å². The molecule has 2 aromatic heterocycles. The number of benzene rings is 1. The first kappa shape index (κ1) is 19.4. The standard InChI is InChI=1S/C20H19N5O5/c26-19(13-22-20(27)18-2-1-11-30-18)24-9-7-23(8-10-24)16-3-4-17(25(28)29)15-12-21-6-5-14(15)16/h1-6,11-12H,7-10,13H2,(H,22,27). The highest BCUT2D eigenvalue weighted by Crippen LogP contribution is 2.33. The monoisotopic (exact) mass is 409 g/mol. The zero-order valence-electron chi connectivity index (χ0n) is 16.0. The molecule has 10 nitrogen and oxygen atoms in total. The van der Waals surface area contributed by atoms with Gasteiger partial charge in [0.2, 0.25) is 5.91 Å². The largest absolute Gasteiger partial charge is 0.459 e. The van der Waals surface area contributed by atoms with Crippen molar-refractivity contribution < 1.29 is 18.9 Å². The summed E-state index contributed by atoms with van der Waals surface area (Å²) in [6, 6.07) is 8.12. The summed E-state index contributed by atoms with van der Waals surface area (Å²) in [6.45, 7) is 2.02. The van der Waals surface area contributed by atoms with E-state index in [9.17, 15) is 19.7 Å². The normalized spacial score (nSPS) is 14.0. The molecule has 1 aromatic carbocycles. The quantitative estimate of drug-likeness (QED) is 0.504. The molecule has 0 spiro atoms. The van der Waals surface area contributed by atoms with Crippen LogP contribution in [0.25, 0.3) is 10.8 Å². The van der Waals surface area contributed by atoms with E-state index < -0.39 is 10.8 Å². The van der Waals surface area contributed by atoms with Gasteiger partial charge in [0.1, 0.15) is 0 Å². The van der Waals surface area contributed by atoms with Crippen LogP contribution in [0.15, 0.2) is 53.4 Å². The number of hydrogen-bond acceptors (Lipinski definition) is 7. The first-order valence-electron chi connectivity index (χ1n) is 9.40. The Kier molecular flexibility index (Phi) is 5.29. The number of nitrogens with zero attached hydrogens (tertiary/aromatic N) is 4. The molecule has 0 bridgehead atoms. The maximum absolute atomic E-state index is 12.4. The van der Waals surface area contributed by atoms with Gasteiger partial charge in [0.15, 0.2) is 5.76 Å². The Morgan fingerprint density at radius 1 is 1.13 bits per heavy atom. The Hall–Kier alpha value is -3.95. The van der Waals surface area contributed by atoms with Crippen molar-refractivity contribution in [2.24, 2.45) is 0 Å². The fourth-order valence-electron chi connectivity index (χ4n) is 3.55. The highest BCUT2D eigenvalue weighted by Gasteiger charge is 2.24. The van der Waals surface area contributed by atoms with E-state index in [2.05, 4.69) is 15.2 Å². The third-order valence-corrected chi connectivity index (χ3v) is 5.09. The molecule has 1 aliphatic heterocycles. The minimum absolute atomic E-state index is 0.0166. The number of nitro groups is 1. The summed E-state index contributed by atoms with van der Waals surface area (Å²) < 4.78 is 5.00. The number of nitro benzene ring substituents is 1. The average molecular weight is 409 g/mol. The second-order valence-electron chi connectivity index (χ2n) is 6.81. The van der Waals surface area contributed by atoms with Crippen LogP contribution in [-0.4, -0.2) is 59.3 Å². The molecule has 0 saturated carbocycles. The van der Waals surface area contributed by atoms with Crippen molar-refractivity contribution in [3.8, 4) is 0 Å². The smallest absolute Gasteiger partial charge is 0.287 e. The molecule has 1 saturated heterocycles. The molecule has 0 atom stereocenters. The highest BCUT2D eigenvalue weighted by molar-refractivity contribution is 5.99. The number of non-ortho nitro benzene ring substituents is 1. The van der Waals surface area contributed by atoms with Crippen molar-refractivity contribution in [1.29, 1.82) is 0 Å². The molecule has 154 valence electrons. The Morgan fingerprint density at radius 3 is 2.63 bits per heavy atom. The summed E-state index contributed by atoms with van der Waals surface area (Å²) in [5.74, 6) is -0.447. The lowest BCUT2D eigenvalue weighted by atomic mass is 10.1. The molecule has 0 aliphatic carbocycles. The molecule has 4 rings (SSSR count). The number of rotatable bonds is 5. The van der Waals surface area contributed by atoms with Crippen LogP contribution in [0.1, 0.15) is 10.6 Å². The predicted octanol–water partition coefficient (Wildman–Crippen LogP) is 1.81. The van der Waals surface area contributed by atoms with Gasteiger partial charge >= 0.3 is 0 Å². The summed E-state index contributed by atoms with van der Waals surface area (Å²) in [6.07, 6.45) is 4.50. The van der Waals surface area contributed by atoms with Crippen LogP contribution in [0.2, 0.25) is 0 Å². The number of pyridine rings is 1. The Morgan fingerprint density at radius 2 is 1.93 bits per heavy atom. The van der Waals surface area contributed by atoms with Crippen molar-refractivity contribution in [2.75, 3.05) is 37.6 Å². The summed E-state index contributed by atoms with van der Waals surface area (Å²) >= 11 is 0. The SMILES string of the molecule is O=C(NCC(=O)N1CCN(c2ccc([N+](=O)[O-])c3cnccc23)CC1)c1ccco1. The van der Waals surface area contributed by atoms with Gasteiger partial charge in [-0.15, -0.1) is 0 Å². The van der Waals surface area contributed by atoms with Gasteiger partial charge in [0, 0.05) is 55.7 Å². The van der Waals surface area contributed by atoms with Gasteiger partial charge in [0.25, 0.3) is 11.6 Å². The van der Waals surface area contributed by atoms with Crippen LogP contribution >= 0.6 is 0 Å². The van der Waals surface area contributed by atoms with E-state index in [1.54, 1.807) is 29.3 Å². The molecule has 3 heterocycles. The number of anilines is 1. The molecule has 1 fully saturated rings. The lowest BCUT2D eigenvalue weighted by molar-refractivity contribution is -0.383. The number of carbonyl (C=O) groups is 2. The lowest BCUT2D eigenvalue weighted by Gasteiger charge is -2.36. The van der Waals surface area contributed by atoms with Gasteiger partial charge in [-0.3, -0.25) is 24.7 Å². The van der Waals surface area contributed by atoms with E-state index in [4.69, 9.17) is 4.42 Å². The van der Waals surface area contributed by atoms with Crippen LogP contribution in [-0.2, 0) is 4.79 Å². The minimum Gasteiger partial charge on any atom is -0.459 e. The molecular weight excluding hydrogens is 390 g/mol. The second kappa shape index (κ2) is 8.19. The topological polar surface area (TPSA) is 122 Å². The Labute approximate surface area is 171 Å². The van der Waals surface area contributed by atoms with E-state index in [0.717, 1.165) is 11.1 Å². The van der Waals surface area contributed by atoms with Crippen molar-refractivity contribution in [3.63, 3.8) is 0 Å². The summed E-state index contributed by atoms with van der Waals surface area (Å²) in [4.78, 5) is 43.0. The van der Waals surface area contributed by atoms with Crippen LogP contribution in [0.4, 0.5) is 11.4 Å². The highest BCUT2D eigenvalue weighted by atomic mass is 16.6. The van der Waals surface area contributed by atoms with E-state index in [0.29, 0.717) is 31.6 Å². The molecule has 0 radical (unpaired) electrons. The summed E-state index contributed by atoms with van der Waals surface area (Å²) in [5, 5.41) is 15.1. The number of amides is 2. The minimum atomic E-state index is -0.432. The third-order valence-electron chi connectivity index (χ3n) is 5.09. The maximum atomic E-state index is 12.4. The third kappa shape index (κ3) is 3.79. The van der Waals surface area contributed by atoms with Gasteiger partial charge in [-0.25, -0.2) is 0 Å². The molecular formula is C20H19N5O5. The van der Waals surface area contributed by atoms with E-state index >= 15 is 0 Å². The predicted molar refractivity (Wildman–Crippen MR) is 108 cm³/mol. The van der Waals surface area contributed by atoms with E-state index in [-0.39, 0.29) is 23.9 Å². The number of nitrogens with one attached hydrogen (secondary N) is 1. The zero-order valence-corrected chi connectivity index (χ0v) is 16.0. The summed E-state index contributed by atoms with van der Waals surface area (Å²) in [7, 11) is 0.